The number of rotatable bonds is 6. The van der Waals surface area contributed by atoms with Crippen molar-refractivity contribution in [2.75, 3.05) is 16.4 Å². The van der Waals surface area contributed by atoms with Crippen molar-refractivity contribution in [2.24, 2.45) is 0 Å². The summed E-state index contributed by atoms with van der Waals surface area (Å²) < 4.78 is 0. The highest BCUT2D eigenvalue weighted by Crippen LogP contribution is 2.18. The van der Waals surface area contributed by atoms with Crippen LogP contribution < -0.4 is 10.6 Å². The highest BCUT2D eigenvalue weighted by atomic mass is 32.2. The van der Waals surface area contributed by atoms with Crippen LogP contribution in [0.3, 0.4) is 0 Å². The van der Waals surface area contributed by atoms with Crippen LogP contribution in [0.1, 0.15) is 18.9 Å². The van der Waals surface area contributed by atoms with Gasteiger partial charge in [-0.2, -0.15) is 0 Å². The topological polar surface area (TPSA) is 110 Å². The van der Waals surface area contributed by atoms with Gasteiger partial charge in [-0.25, -0.2) is 0 Å². The van der Waals surface area contributed by atoms with Gasteiger partial charge in [0, 0.05) is 6.92 Å². The minimum Gasteiger partial charge on any atom is -0.309 e. The molecule has 0 aliphatic rings. The average Bonchev–Trinajstić information content (AvgIpc) is 2.93. The first-order valence-corrected chi connectivity index (χ1v) is 8.23. The number of anilines is 2. The zero-order valence-corrected chi connectivity index (χ0v) is 13.6. The molecule has 0 aliphatic heterocycles. The number of carbonyl (C=O) groups is 2. The van der Waals surface area contributed by atoms with E-state index >= 15 is 0 Å². The summed E-state index contributed by atoms with van der Waals surface area (Å²) in [5.41, 5.74) is 0. The van der Waals surface area contributed by atoms with E-state index in [0.29, 0.717) is 16.0 Å². The Morgan fingerprint density at radius 1 is 1.18 bits per heavy atom. The van der Waals surface area contributed by atoms with Crippen molar-refractivity contribution in [1.29, 1.82) is 0 Å². The molecular formula is C12H14N6O2S2. The van der Waals surface area contributed by atoms with E-state index in [0.717, 1.165) is 11.4 Å². The summed E-state index contributed by atoms with van der Waals surface area (Å²) in [4.78, 5) is 22.7. The predicted molar refractivity (Wildman–Crippen MR) is 85.0 cm³/mol. The van der Waals surface area contributed by atoms with E-state index in [-0.39, 0.29) is 17.6 Å². The van der Waals surface area contributed by atoms with Gasteiger partial charge in [0.15, 0.2) is 5.82 Å². The largest absolute Gasteiger partial charge is 0.309 e. The number of aryl methyl sites for hydroxylation is 1. The number of nitrogens with zero attached hydrogens (tertiary/aromatic N) is 4. The number of carbonyl (C=O) groups excluding carboxylic acids is 2. The van der Waals surface area contributed by atoms with Crippen LogP contribution in [0, 0.1) is 0 Å². The van der Waals surface area contributed by atoms with E-state index < -0.39 is 0 Å². The predicted octanol–water partition coefficient (Wildman–Crippen LogP) is 1.58. The Morgan fingerprint density at radius 3 is 2.59 bits per heavy atom. The van der Waals surface area contributed by atoms with Crippen molar-refractivity contribution in [3.05, 3.63) is 17.1 Å². The number of nitrogens with one attached hydrogen (secondary N) is 2. The molecule has 8 nitrogen and oxygen atoms in total. The minimum absolute atomic E-state index is 0.184. The highest BCUT2D eigenvalue weighted by Gasteiger charge is 2.09. The normalized spacial score (nSPS) is 10.3. The van der Waals surface area contributed by atoms with Crippen LogP contribution in [0.5, 0.6) is 0 Å². The van der Waals surface area contributed by atoms with Gasteiger partial charge in [0.1, 0.15) is 10.0 Å². The number of thioether (sulfide) groups is 1. The summed E-state index contributed by atoms with van der Waals surface area (Å²) in [6, 6.07) is 3.32. The van der Waals surface area contributed by atoms with Crippen molar-refractivity contribution in [2.45, 2.75) is 25.3 Å². The maximum atomic E-state index is 11.8. The second-order valence-electron chi connectivity index (χ2n) is 4.13. The van der Waals surface area contributed by atoms with Crippen LogP contribution in [0.2, 0.25) is 0 Å². The lowest BCUT2D eigenvalue weighted by atomic mass is 10.5. The van der Waals surface area contributed by atoms with Gasteiger partial charge in [0.05, 0.1) is 5.75 Å². The lowest BCUT2D eigenvalue weighted by Gasteiger charge is -2.02. The van der Waals surface area contributed by atoms with Gasteiger partial charge >= 0.3 is 0 Å². The van der Waals surface area contributed by atoms with Crippen LogP contribution in [0.4, 0.5) is 10.9 Å². The van der Waals surface area contributed by atoms with Crippen LogP contribution in [0.25, 0.3) is 0 Å². The molecule has 0 fully saturated rings. The van der Waals surface area contributed by atoms with Crippen molar-refractivity contribution in [1.82, 2.24) is 20.4 Å². The Morgan fingerprint density at radius 2 is 2.00 bits per heavy atom. The van der Waals surface area contributed by atoms with Crippen LogP contribution >= 0.6 is 23.1 Å². The first kappa shape index (κ1) is 16.3. The van der Waals surface area contributed by atoms with Crippen LogP contribution in [-0.4, -0.2) is 38.0 Å². The van der Waals surface area contributed by atoms with Gasteiger partial charge < -0.3 is 5.32 Å². The molecule has 0 unspecified atom stereocenters. The molecule has 2 heterocycles. The summed E-state index contributed by atoms with van der Waals surface area (Å²) in [6.45, 7) is 3.37. The molecule has 116 valence electrons. The molecule has 0 saturated heterocycles. The maximum absolute atomic E-state index is 11.8. The number of aromatic nitrogens is 4. The Hall–Kier alpha value is -2.07. The van der Waals surface area contributed by atoms with Gasteiger partial charge in [0.2, 0.25) is 16.9 Å². The molecule has 2 N–H and O–H groups in total. The third-order valence-corrected chi connectivity index (χ3v) is 4.21. The molecule has 2 amide bonds. The lowest BCUT2D eigenvalue weighted by Crippen LogP contribution is -2.14. The summed E-state index contributed by atoms with van der Waals surface area (Å²) in [5, 5.41) is 22.7. The number of amides is 2. The number of hydrogen-bond acceptors (Lipinski definition) is 8. The van der Waals surface area contributed by atoms with E-state index in [1.165, 1.54) is 30.0 Å². The third kappa shape index (κ3) is 5.04. The Balaban J connectivity index is 1.81. The SMILES string of the molecule is CCc1nnc(NC(=O)CSc2ccc(NC(C)=O)nn2)s1. The Kier molecular flexibility index (Phi) is 5.78. The van der Waals surface area contributed by atoms with E-state index in [1.807, 2.05) is 6.92 Å². The molecule has 0 spiro atoms. The zero-order valence-electron chi connectivity index (χ0n) is 12.0. The molecule has 0 saturated carbocycles. The molecule has 0 radical (unpaired) electrons. The zero-order chi connectivity index (χ0) is 15.9. The Bertz CT molecular complexity index is 658. The molecule has 0 aromatic carbocycles. The Labute approximate surface area is 135 Å². The summed E-state index contributed by atoms with van der Waals surface area (Å²) in [6.07, 6.45) is 0.790. The smallest absolute Gasteiger partial charge is 0.236 e. The first-order chi connectivity index (χ1) is 10.6. The molecule has 2 rings (SSSR count). The second-order valence-corrected chi connectivity index (χ2v) is 6.19. The fourth-order valence-corrected chi connectivity index (χ4v) is 2.70. The molecule has 10 heteroatoms. The maximum Gasteiger partial charge on any atom is 0.236 e. The van der Waals surface area contributed by atoms with Gasteiger partial charge in [0.25, 0.3) is 0 Å². The number of hydrogen-bond donors (Lipinski definition) is 2. The molecule has 2 aromatic rings. The van der Waals surface area contributed by atoms with Crippen LogP contribution in [0.15, 0.2) is 17.2 Å². The molecule has 0 bridgehead atoms. The molecule has 22 heavy (non-hydrogen) atoms. The fourth-order valence-electron chi connectivity index (χ4n) is 1.39. The first-order valence-electron chi connectivity index (χ1n) is 6.43. The van der Waals surface area contributed by atoms with Crippen molar-refractivity contribution in [3.8, 4) is 0 Å². The average molecular weight is 338 g/mol. The van der Waals surface area contributed by atoms with Gasteiger partial charge in [-0.3, -0.25) is 14.9 Å². The monoisotopic (exact) mass is 338 g/mol. The molecule has 2 aromatic heterocycles. The van der Waals surface area contributed by atoms with E-state index in [9.17, 15) is 9.59 Å². The van der Waals surface area contributed by atoms with Crippen LogP contribution in [-0.2, 0) is 16.0 Å². The standard InChI is InChI=1S/C12H14N6O2S2/c1-3-10-16-18-12(22-10)14-9(20)6-21-11-5-4-8(15-17-11)13-7(2)19/h4-5H,3,6H2,1-2H3,(H,13,15,19)(H,14,18,20). The van der Waals surface area contributed by atoms with Gasteiger partial charge in [-0.15, -0.1) is 20.4 Å². The van der Waals surface area contributed by atoms with Crippen molar-refractivity contribution in [3.63, 3.8) is 0 Å². The quantitative estimate of drug-likeness (QED) is 0.769. The molecular weight excluding hydrogens is 324 g/mol. The lowest BCUT2D eigenvalue weighted by molar-refractivity contribution is -0.114. The summed E-state index contributed by atoms with van der Waals surface area (Å²) in [7, 11) is 0. The van der Waals surface area contributed by atoms with Gasteiger partial charge in [-0.05, 0) is 18.6 Å². The molecule has 0 atom stereocenters. The second kappa shape index (κ2) is 7.80. The minimum atomic E-state index is -0.211. The summed E-state index contributed by atoms with van der Waals surface area (Å²) >= 11 is 2.60. The van der Waals surface area contributed by atoms with Gasteiger partial charge in [-0.1, -0.05) is 30.0 Å². The highest BCUT2D eigenvalue weighted by molar-refractivity contribution is 7.99. The van der Waals surface area contributed by atoms with Crippen molar-refractivity contribution < 1.29 is 9.59 Å². The van der Waals surface area contributed by atoms with E-state index in [1.54, 1.807) is 12.1 Å². The van der Waals surface area contributed by atoms with E-state index in [4.69, 9.17) is 0 Å². The van der Waals surface area contributed by atoms with Crippen molar-refractivity contribution >= 4 is 45.9 Å². The fraction of sp³-hybridized carbons (Fsp3) is 0.333. The summed E-state index contributed by atoms with van der Waals surface area (Å²) in [5.74, 6) is 0.172. The third-order valence-electron chi connectivity index (χ3n) is 2.31. The van der Waals surface area contributed by atoms with E-state index in [2.05, 4.69) is 31.0 Å². The molecule has 0 aliphatic carbocycles.